The summed E-state index contributed by atoms with van der Waals surface area (Å²) < 4.78 is 18.5. The number of methoxy groups -OCH3 is 1. The monoisotopic (exact) mass is 455 g/mol. The number of benzene rings is 1. The molecule has 0 saturated heterocycles. The highest BCUT2D eigenvalue weighted by Gasteiger charge is 2.45. The number of amides is 1. The van der Waals surface area contributed by atoms with Gasteiger partial charge < -0.3 is 19.5 Å². The maximum atomic E-state index is 12.9. The largest absolute Gasteiger partial charge is 0.497 e. The number of aryl methyl sites for hydroxylation is 1. The summed E-state index contributed by atoms with van der Waals surface area (Å²) in [4.78, 5) is 25.5. The molecule has 0 spiro atoms. The number of aromatic nitrogens is 2. The van der Waals surface area contributed by atoms with Crippen molar-refractivity contribution < 1.29 is 23.8 Å². The minimum atomic E-state index is -0.356. The maximum Gasteiger partial charge on any atom is 0.338 e. The van der Waals surface area contributed by atoms with E-state index >= 15 is 0 Å². The third-order valence-electron chi connectivity index (χ3n) is 6.40. The van der Waals surface area contributed by atoms with Gasteiger partial charge in [-0.2, -0.15) is 5.10 Å². The molecule has 1 N–H and O–H groups in total. The lowest BCUT2D eigenvalue weighted by Gasteiger charge is -2.18. The molecule has 2 aromatic rings. The molecule has 1 aliphatic heterocycles. The standard InChI is InChI=1S/C25H33N3O5/c1-3-20-22-21(9-5-13-32-14-6-12-26-23(22)29)28(27-20)16-25(10-11-25)17-33-24(30)18-7-4-8-19(15-18)31-2/h4,7-8,15H,3,5-6,9-14,16-17H2,1-2H3,(H,26,29). The molecule has 1 saturated carbocycles. The van der Waals surface area contributed by atoms with Crippen molar-refractivity contribution in [3.05, 3.63) is 46.8 Å². The fourth-order valence-corrected chi connectivity index (χ4v) is 4.25. The van der Waals surface area contributed by atoms with E-state index in [1.54, 1.807) is 31.4 Å². The molecule has 1 amide bonds. The molecule has 0 atom stereocenters. The number of hydrogen-bond acceptors (Lipinski definition) is 6. The van der Waals surface area contributed by atoms with Crippen LogP contribution in [0.1, 0.15) is 64.7 Å². The lowest BCUT2D eigenvalue weighted by molar-refractivity contribution is 0.0395. The molecule has 33 heavy (non-hydrogen) atoms. The Kier molecular flexibility index (Phi) is 7.33. The fraction of sp³-hybridized carbons (Fsp3) is 0.560. The van der Waals surface area contributed by atoms with Crippen molar-refractivity contribution in [2.24, 2.45) is 5.41 Å². The zero-order valence-corrected chi connectivity index (χ0v) is 19.5. The van der Waals surface area contributed by atoms with Crippen molar-refractivity contribution in [1.29, 1.82) is 0 Å². The topological polar surface area (TPSA) is 91.7 Å². The van der Waals surface area contributed by atoms with Crippen molar-refractivity contribution in [2.45, 2.75) is 52.0 Å². The number of esters is 1. The lowest BCUT2D eigenvalue weighted by atomic mass is 10.1. The molecule has 2 heterocycles. The van der Waals surface area contributed by atoms with Gasteiger partial charge in [0.1, 0.15) is 5.75 Å². The zero-order valence-electron chi connectivity index (χ0n) is 19.5. The van der Waals surface area contributed by atoms with E-state index in [0.717, 1.165) is 43.5 Å². The van der Waals surface area contributed by atoms with Crippen LogP contribution in [0.25, 0.3) is 0 Å². The number of fused-ring (bicyclic) bond motifs is 1. The summed E-state index contributed by atoms with van der Waals surface area (Å²) in [5.41, 5.74) is 2.83. The van der Waals surface area contributed by atoms with E-state index in [0.29, 0.717) is 56.2 Å². The summed E-state index contributed by atoms with van der Waals surface area (Å²) in [6.45, 7) is 4.91. The molecule has 1 aromatic heterocycles. The third-order valence-corrected chi connectivity index (χ3v) is 6.40. The molecule has 178 valence electrons. The highest BCUT2D eigenvalue weighted by Crippen LogP contribution is 2.48. The average molecular weight is 456 g/mol. The van der Waals surface area contributed by atoms with Crippen LogP contribution in [-0.2, 0) is 28.9 Å². The van der Waals surface area contributed by atoms with Crippen molar-refractivity contribution in [3.8, 4) is 5.75 Å². The Labute approximate surface area is 194 Å². The van der Waals surface area contributed by atoms with Gasteiger partial charge in [-0.1, -0.05) is 13.0 Å². The van der Waals surface area contributed by atoms with Crippen LogP contribution in [0.5, 0.6) is 5.75 Å². The SMILES string of the molecule is CCc1nn(CC2(COC(=O)c3cccc(OC)c3)CC2)c2c1C(=O)NCCCOCCC2. The first-order chi connectivity index (χ1) is 16.0. The normalized spacial score (nSPS) is 17.9. The van der Waals surface area contributed by atoms with E-state index in [1.807, 2.05) is 11.6 Å². The Morgan fingerprint density at radius 2 is 2.09 bits per heavy atom. The zero-order chi connectivity index (χ0) is 23.3. The Morgan fingerprint density at radius 3 is 2.85 bits per heavy atom. The summed E-state index contributed by atoms with van der Waals surface area (Å²) in [6.07, 6.45) is 4.99. The average Bonchev–Trinajstić information content (AvgIpc) is 3.52. The van der Waals surface area contributed by atoms with Crippen LogP contribution in [0.15, 0.2) is 24.3 Å². The van der Waals surface area contributed by atoms with Gasteiger partial charge in [0.25, 0.3) is 5.91 Å². The molecule has 4 rings (SSSR count). The first-order valence-corrected chi connectivity index (χ1v) is 11.8. The van der Waals surface area contributed by atoms with E-state index in [2.05, 4.69) is 5.32 Å². The Balaban J connectivity index is 1.49. The molecule has 8 heteroatoms. The van der Waals surface area contributed by atoms with Gasteiger partial charge in [-0.05, 0) is 56.7 Å². The molecule has 1 aliphatic carbocycles. The van der Waals surface area contributed by atoms with Crippen molar-refractivity contribution in [2.75, 3.05) is 33.5 Å². The predicted molar refractivity (Wildman–Crippen MR) is 123 cm³/mol. The Hall–Kier alpha value is -2.87. The third kappa shape index (κ3) is 5.55. The second kappa shape index (κ2) is 10.4. The second-order valence-corrected chi connectivity index (χ2v) is 8.91. The number of carbonyl (C=O) groups is 2. The van der Waals surface area contributed by atoms with E-state index in [9.17, 15) is 9.59 Å². The number of nitrogens with zero attached hydrogens (tertiary/aromatic N) is 2. The minimum Gasteiger partial charge on any atom is -0.497 e. The summed E-state index contributed by atoms with van der Waals surface area (Å²) in [5, 5.41) is 7.84. The lowest BCUT2D eigenvalue weighted by Crippen LogP contribution is -2.27. The molecule has 0 bridgehead atoms. The number of ether oxygens (including phenoxy) is 3. The summed E-state index contributed by atoms with van der Waals surface area (Å²) in [7, 11) is 1.57. The molecular weight excluding hydrogens is 422 g/mol. The van der Waals surface area contributed by atoms with E-state index in [1.165, 1.54) is 0 Å². The van der Waals surface area contributed by atoms with Crippen LogP contribution in [0.3, 0.4) is 0 Å². The quantitative estimate of drug-likeness (QED) is 0.645. The van der Waals surface area contributed by atoms with Gasteiger partial charge in [-0.15, -0.1) is 0 Å². The first kappa shape index (κ1) is 23.3. The fourth-order valence-electron chi connectivity index (χ4n) is 4.25. The minimum absolute atomic E-state index is 0.0516. The molecule has 8 nitrogen and oxygen atoms in total. The van der Waals surface area contributed by atoms with Crippen LogP contribution in [0.2, 0.25) is 0 Å². The van der Waals surface area contributed by atoms with E-state index in [4.69, 9.17) is 19.3 Å². The van der Waals surface area contributed by atoms with E-state index < -0.39 is 0 Å². The van der Waals surface area contributed by atoms with Gasteiger partial charge in [0.15, 0.2) is 0 Å². The van der Waals surface area contributed by atoms with Crippen molar-refractivity contribution in [1.82, 2.24) is 15.1 Å². The Morgan fingerprint density at radius 1 is 1.27 bits per heavy atom. The van der Waals surface area contributed by atoms with Gasteiger partial charge in [-0.25, -0.2) is 4.79 Å². The number of hydrogen-bond donors (Lipinski definition) is 1. The van der Waals surface area contributed by atoms with E-state index in [-0.39, 0.29) is 17.3 Å². The predicted octanol–water partition coefficient (Wildman–Crippen LogP) is 3.17. The molecule has 2 aliphatic rings. The number of carbonyl (C=O) groups excluding carboxylic acids is 2. The van der Waals surface area contributed by atoms with Crippen LogP contribution in [0.4, 0.5) is 0 Å². The van der Waals surface area contributed by atoms with Gasteiger partial charge in [0.2, 0.25) is 0 Å². The number of nitrogens with one attached hydrogen (secondary N) is 1. The van der Waals surface area contributed by atoms with Crippen molar-refractivity contribution in [3.63, 3.8) is 0 Å². The number of rotatable bonds is 7. The van der Waals surface area contributed by atoms with Crippen molar-refractivity contribution >= 4 is 11.9 Å². The molecule has 1 fully saturated rings. The Bertz CT molecular complexity index is 996. The highest BCUT2D eigenvalue weighted by atomic mass is 16.5. The molecule has 0 unspecified atom stereocenters. The molecule has 1 aromatic carbocycles. The second-order valence-electron chi connectivity index (χ2n) is 8.91. The summed E-state index contributed by atoms with van der Waals surface area (Å²) >= 11 is 0. The van der Waals surface area contributed by atoms with Crippen LogP contribution < -0.4 is 10.1 Å². The van der Waals surface area contributed by atoms with Crippen LogP contribution in [-0.4, -0.2) is 55.1 Å². The van der Waals surface area contributed by atoms with Gasteiger partial charge in [0.05, 0.1) is 42.8 Å². The smallest absolute Gasteiger partial charge is 0.338 e. The van der Waals surface area contributed by atoms with Gasteiger partial charge in [-0.3, -0.25) is 9.48 Å². The van der Waals surface area contributed by atoms with Gasteiger partial charge >= 0.3 is 5.97 Å². The molecular formula is C25H33N3O5. The highest BCUT2D eigenvalue weighted by molar-refractivity contribution is 5.96. The summed E-state index contributed by atoms with van der Waals surface area (Å²) in [5.74, 6) is 0.215. The van der Waals surface area contributed by atoms with Crippen LogP contribution >= 0.6 is 0 Å². The van der Waals surface area contributed by atoms with Crippen LogP contribution in [0, 0.1) is 5.41 Å². The first-order valence-electron chi connectivity index (χ1n) is 11.8. The summed E-state index contributed by atoms with van der Waals surface area (Å²) in [6, 6.07) is 6.98. The molecule has 0 radical (unpaired) electrons. The van der Waals surface area contributed by atoms with Gasteiger partial charge in [0, 0.05) is 25.2 Å². The maximum absolute atomic E-state index is 12.9.